The first-order valence-corrected chi connectivity index (χ1v) is 11.8. The lowest BCUT2D eigenvalue weighted by atomic mass is 9.90. The average Bonchev–Trinajstić information content (AvgIpc) is 3.29. The highest BCUT2D eigenvalue weighted by Gasteiger charge is 2.51. The molecule has 1 fully saturated rings. The maximum Gasteiger partial charge on any atom is 0.200 e. The molecule has 3 aliphatic heterocycles. The Balaban J connectivity index is 1.31. The van der Waals surface area contributed by atoms with E-state index in [2.05, 4.69) is 40.2 Å². The molecule has 33 heavy (non-hydrogen) atoms. The van der Waals surface area contributed by atoms with Gasteiger partial charge in [0.05, 0.1) is 11.8 Å². The Labute approximate surface area is 198 Å². The van der Waals surface area contributed by atoms with Crippen LogP contribution in [0.3, 0.4) is 0 Å². The predicted molar refractivity (Wildman–Crippen MR) is 128 cm³/mol. The molecular weight excluding hydrogens is 437 g/mol. The van der Waals surface area contributed by atoms with Gasteiger partial charge in [0.1, 0.15) is 11.6 Å². The fourth-order valence-corrected chi connectivity index (χ4v) is 5.48. The third-order valence-electron chi connectivity index (χ3n) is 7.02. The van der Waals surface area contributed by atoms with Crippen molar-refractivity contribution in [1.82, 2.24) is 9.91 Å². The first-order chi connectivity index (χ1) is 16.1. The molecule has 3 aromatic carbocycles. The molecule has 3 aliphatic rings. The Kier molecular flexibility index (Phi) is 5.11. The molecule has 6 rings (SSSR count). The van der Waals surface area contributed by atoms with E-state index >= 15 is 0 Å². The van der Waals surface area contributed by atoms with E-state index in [1.54, 1.807) is 0 Å². The van der Waals surface area contributed by atoms with Crippen molar-refractivity contribution in [3.8, 4) is 5.75 Å². The second kappa shape index (κ2) is 8.15. The maximum absolute atomic E-state index is 13.5. The van der Waals surface area contributed by atoms with Crippen LogP contribution in [0.1, 0.15) is 42.0 Å². The molecule has 3 aromatic rings. The number of halogens is 2. The van der Waals surface area contributed by atoms with Crippen molar-refractivity contribution in [3.63, 3.8) is 0 Å². The van der Waals surface area contributed by atoms with Gasteiger partial charge in [0, 0.05) is 49.5 Å². The Morgan fingerprint density at radius 2 is 1.76 bits per heavy atom. The molecule has 1 atom stereocenters. The Hall–Kier alpha value is -2.89. The first kappa shape index (κ1) is 20.7. The summed E-state index contributed by atoms with van der Waals surface area (Å²) in [6, 6.07) is 23.1. The summed E-state index contributed by atoms with van der Waals surface area (Å²) in [5.74, 6) is 0.658. The van der Waals surface area contributed by atoms with Crippen molar-refractivity contribution in [1.29, 1.82) is 0 Å². The monoisotopic (exact) mass is 461 g/mol. The number of hydrogen-bond donors (Lipinski definition) is 0. The number of piperidine rings is 1. The lowest BCUT2D eigenvalue weighted by molar-refractivity contribution is -0.150. The van der Waals surface area contributed by atoms with Gasteiger partial charge in [0.25, 0.3) is 0 Å². The van der Waals surface area contributed by atoms with E-state index in [0.29, 0.717) is 5.02 Å². The number of likely N-dealkylation sites (tertiary alicyclic amines) is 1. The molecule has 0 N–H and O–H groups in total. The second-order valence-corrected chi connectivity index (χ2v) is 9.55. The van der Waals surface area contributed by atoms with Crippen molar-refractivity contribution in [3.05, 3.63) is 100 Å². The van der Waals surface area contributed by atoms with Gasteiger partial charge < -0.3 is 4.74 Å². The Bertz CT molecular complexity index is 1190. The van der Waals surface area contributed by atoms with Crippen molar-refractivity contribution in [2.24, 2.45) is 5.10 Å². The number of ether oxygens (including phenoxy) is 1. The Morgan fingerprint density at radius 3 is 2.52 bits per heavy atom. The van der Waals surface area contributed by atoms with Crippen LogP contribution in [0.2, 0.25) is 5.02 Å². The zero-order chi connectivity index (χ0) is 22.4. The number of hydrogen-bond acceptors (Lipinski definition) is 4. The van der Waals surface area contributed by atoms with Crippen LogP contribution in [0.25, 0.3) is 0 Å². The molecule has 0 saturated carbocycles. The quantitative estimate of drug-likeness (QED) is 0.477. The summed E-state index contributed by atoms with van der Waals surface area (Å²) in [6.07, 6.45) is 2.47. The molecule has 6 heteroatoms. The zero-order valence-electron chi connectivity index (χ0n) is 18.3. The maximum atomic E-state index is 13.5. The first-order valence-electron chi connectivity index (χ1n) is 11.5. The largest absolute Gasteiger partial charge is 0.466 e. The van der Waals surface area contributed by atoms with Gasteiger partial charge in [-0.1, -0.05) is 54.1 Å². The van der Waals surface area contributed by atoms with Crippen LogP contribution in [0, 0.1) is 5.82 Å². The average molecular weight is 462 g/mol. The summed E-state index contributed by atoms with van der Waals surface area (Å²) in [4.78, 5) is 2.48. The molecule has 0 aromatic heterocycles. The predicted octanol–water partition coefficient (Wildman–Crippen LogP) is 6.01. The van der Waals surface area contributed by atoms with Gasteiger partial charge in [-0.15, -0.1) is 0 Å². The van der Waals surface area contributed by atoms with E-state index in [9.17, 15) is 4.39 Å². The van der Waals surface area contributed by atoms with Crippen LogP contribution in [-0.2, 0) is 6.54 Å². The topological polar surface area (TPSA) is 28.1 Å². The van der Waals surface area contributed by atoms with Crippen LogP contribution in [-0.4, -0.2) is 34.4 Å². The fourth-order valence-electron chi connectivity index (χ4n) is 5.30. The van der Waals surface area contributed by atoms with Crippen molar-refractivity contribution >= 4 is 17.3 Å². The fraction of sp³-hybridized carbons (Fsp3) is 0.296. The molecule has 1 spiro atoms. The van der Waals surface area contributed by atoms with E-state index in [-0.39, 0.29) is 11.9 Å². The van der Waals surface area contributed by atoms with Gasteiger partial charge in [-0.05, 0) is 41.5 Å². The normalized spacial score (nSPS) is 21.3. The molecule has 0 radical (unpaired) electrons. The summed E-state index contributed by atoms with van der Waals surface area (Å²) in [5, 5.41) is 7.93. The van der Waals surface area contributed by atoms with E-state index in [1.807, 2.05) is 30.3 Å². The third-order valence-corrected chi connectivity index (χ3v) is 7.26. The summed E-state index contributed by atoms with van der Waals surface area (Å²) < 4.78 is 20.2. The molecular formula is C27H25ClFN3O. The van der Waals surface area contributed by atoms with Crippen molar-refractivity contribution in [2.45, 2.75) is 37.6 Å². The van der Waals surface area contributed by atoms with Crippen LogP contribution in [0.5, 0.6) is 5.75 Å². The SMILES string of the molecule is Fc1ccc(C2=NN3[C@@H](C2)c2cc(Cl)ccc2OC32CCN(Cc3ccccc3)CC2)cc1. The molecule has 0 unspecified atom stereocenters. The molecule has 3 heterocycles. The van der Waals surface area contributed by atoms with Gasteiger partial charge in [-0.2, -0.15) is 5.10 Å². The molecule has 0 aliphatic carbocycles. The van der Waals surface area contributed by atoms with Gasteiger partial charge in [0.2, 0.25) is 5.72 Å². The molecule has 1 saturated heterocycles. The minimum atomic E-state index is -0.486. The van der Waals surface area contributed by atoms with Crippen LogP contribution in [0.15, 0.2) is 77.9 Å². The lowest BCUT2D eigenvalue weighted by Gasteiger charge is -2.51. The minimum absolute atomic E-state index is 0.0631. The van der Waals surface area contributed by atoms with E-state index < -0.39 is 5.72 Å². The van der Waals surface area contributed by atoms with Crippen LogP contribution < -0.4 is 4.74 Å². The minimum Gasteiger partial charge on any atom is -0.466 e. The van der Waals surface area contributed by atoms with Gasteiger partial charge in [0.15, 0.2) is 0 Å². The highest BCUT2D eigenvalue weighted by atomic mass is 35.5. The number of hydrazone groups is 1. The number of rotatable bonds is 3. The standard InChI is InChI=1S/C27H25ClFN3O/c28-21-8-11-26-23(16-21)25-17-24(20-6-9-22(29)10-7-20)30-32(25)27(33-26)12-14-31(15-13-27)18-19-4-2-1-3-5-19/h1-11,16,25H,12-15,17-18H2/t25-/m0/s1. The van der Waals surface area contributed by atoms with Crippen LogP contribution >= 0.6 is 11.6 Å². The highest BCUT2D eigenvalue weighted by molar-refractivity contribution is 6.30. The number of nitrogens with zero attached hydrogens (tertiary/aromatic N) is 3. The summed E-state index contributed by atoms with van der Waals surface area (Å²) >= 11 is 6.35. The molecule has 4 nitrogen and oxygen atoms in total. The Morgan fingerprint density at radius 1 is 1.00 bits per heavy atom. The number of benzene rings is 3. The van der Waals surface area contributed by atoms with Gasteiger partial charge in [-0.25, -0.2) is 9.40 Å². The summed E-state index contributed by atoms with van der Waals surface area (Å²) in [5.41, 5.74) is 3.82. The highest BCUT2D eigenvalue weighted by Crippen LogP contribution is 2.50. The van der Waals surface area contributed by atoms with Crippen molar-refractivity contribution in [2.75, 3.05) is 13.1 Å². The van der Waals surface area contributed by atoms with Crippen LogP contribution in [0.4, 0.5) is 4.39 Å². The molecule has 168 valence electrons. The number of fused-ring (bicyclic) bond motifs is 4. The zero-order valence-corrected chi connectivity index (χ0v) is 19.0. The van der Waals surface area contributed by atoms with E-state index in [4.69, 9.17) is 21.4 Å². The smallest absolute Gasteiger partial charge is 0.200 e. The van der Waals surface area contributed by atoms with E-state index in [0.717, 1.165) is 61.5 Å². The third kappa shape index (κ3) is 3.79. The van der Waals surface area contributed by atoms with Gasteiger partial charge in [-0.3, -0.25) is 4.90 Å². The van der Waals surface area contributed by atoms with Crippen molar-refractivity contribution < 1.29 is 9.13 Å². The lowest BCUT2D eigenvalue weighted by Crippen LogP contribution is -2.59. The van der Waals surface area contributed by atoms with Gasteiger partial charge >= 0.3 is 0 Å². The summed E-state index contributed by atoms with van der Waals surface area (Å²) in [7, 11) is 0. The van der Waals surface area contributed by atoms with E-state index in [1.165, 1.54) is 17.7 Å². The summed E-state index contributed by atoms with van der Waals surface area (Å²) in [6.45, 7) is 2.81. The second-order valence-electron chi connectivity index (χ2n) is 9.11. The molecule has 0 bridgehead atoms. The molecule has 0 amide bonds.